The molecule has 0 saturated carbocycles. The van der Waals surface area contributed by atoms with Crippen LogP contribution in [0.4, 0.5) is 20.6 Å². The molecule has 2 rings (SSSR count). The van der Waals surface area contributed by atoms with Crippen LogP contribution >= 0.6 is 0 Å². The second-order valence-corrected chi connectivity index (χ2v) is 4.70. The zero-order valence-electron chi connectivity index (χ0n) is 12.3. The number of carbonyl (C=O) groups excluding carboxylic acids is 1. The van der Waals surface area contributed by atoms with Crippen LogP contribution in [0.3, 0.4) is 0 Å². The summed E-state index contributed by atoms with van der Waals surface area (Å²) in [7, 11) is 1.36. The molecule has 0 aliphatic carbocycles. The molecule has 3 N–H and O–H groups in total. The first kappa shape index (κ1) is 16.3. The Bertz CT molecular complexity index is 749. The van der Waals surface area contributed by atoms with E-state index in [0.717, 1.165) is 4.90 Å². The molecule has 23 heavy (non-hydrogen) atoms. The van der Waals surface area contributed by atoms with Crippen LogP contribution in [-0.2, 0) is 11.2 Å². The number of carboxylic acid groups (broad SMARTS) is 1. The molecule has 0 bridgehead atoms. The van der Waals surface area contributed by atoms with E-state index < -0.39 is 17.8 Å². The van der Waals surface area contributed by atoms with Crippen LogP contribution in [0.1, 0.15) is 5.56 Å². The van der Waals surface area contributed by atoms with Gasteiger partial charge in [-0.3, -0.25) is 9.69 Å². The third-order valence-corrected chi connectivity index (χ3v) is 3.15. The van der Waals surface area contributed by atoms with Gasteiger partial charge in [0.25, 0.3) is 0 Å². The lowest BCUT2D eigenvalue weighted by Crippen LogP contribution is -2.32. The molecule has 0 radical (unpaired) electrons. The van der Waals surface area contributed by atoms with Crippen LogP contribution in [0.5, 0.6) is 5.75 Å². The number of ether oxygens (including phenoxy) is 1. The van der Waals surface area contributed by atoms with E-state index in [0.29, 0.717) is 5.56 Å². The number of para-hydroxylation sites is 1. The van der Waals surface area contributed by atoms with Crippen molar-refractivity contribution in [3.8, 4) is 5.75 Å². The number of methoxy groups -OCH3 is 1. The second kappa shape index (κ2) is 6.78. The number of carbonyl (C=O) groups is 2. The highest BCUT2D eigenvalue weighted by Crippen LogP contribution is 2.35. The molecule has 6 nitrogen and oxygen atoms in total. The number of hydrogen-bond donors (Lipinski definition) is 2. The van der Waals surface area contributed by atoms with E-state index in [1.165, 1.54) is 43.5 Å². The molecule has 0 aliphatic rings. The maximum absolute atomic E-state index is 14.0. The molecule has 7 heteroatoms. The third kappa shape index (κ3) is 3.57. The number of anilines is 2. The largest absolute Gasteiger partial charge is 0.495 e. The number of urea groups is 1. The van der Waals surface area contributed by atoms with Crippen molar-refractivity contribution in [1.82, 2.24) is 0 Å². The molecule has 0 heterocycles. The highest BCUT2D eigenvalue weighted by molar-refractivity contribution is 6.00. The van der Waals surface area contributed by atoms with Gasteiger partial charge >= 0.3 is 12.0 Å². The lowest BCUT2D eigenvalue weighted by molar-refractivity contribution is -0.136. The number of amides is 2. The van der Waals surface area contributed by atoms with E-state index >= 15 is 0 Å². The number of hydrogen-bond acceptors (Lipinski definition) is 3. The van der Waals surface area contributed by atoms with Gasteiger partial charge in [0.2, 0.25) is 0 Å². The Balaban J connectivity index is 2.54. The summed E-state index contributed by atoms with van der Waals surface area (Å²) in [5.74, 6) is -1.41. The quantitative estimate of drug-likeness (QED) is 0.886. The highest BCUT2D eigenvalue weighted by Gasteiger charge is 2.22. The van der Waals surface area contributed by atoms with Crippen LogP contribution in [0.25, 0.3) is 0 Å². The number of halogens is 1. The number of carboxylic acids is 1. The van der Waals surface area contributed by atoms with E-state index in [1.807, 2.05) is 0 Å². The Morgan fingerprint density at radius 3 is 2.48 bits per heavy atom. The minimum absolute atomic E-state index is 0.0238. The molecule has 120 valence electrons. The maximum Gasteiger partial charge on any atom is 0.324 e. The average molecular weight is 318 g/mol. The summed E-state index contributed by atoms with van der Waals surface area (Å²) in [6.07, 6.45) is -0.201. The van der Waals surface area contributed by atoms with Gasteiger partial charge in [-0.15, -0.1) is 0 Å². The lowest BCUT2D eigenvalue weighted by Gasteiger charge is -2.23. The normalized spacial score (nSPS) is 10.2. The molecule has 2 amide bonds. The first-order valence-electron chi connectivity index (χ1n) is 6.67. The van der Waals surface area contributed by atoms with Crippen LogP contribution in [-0.4, -0.2) is 24.2 Å². The second-order valence-electron chi connectivity index (χ2n) is 4.70. The minimum Gasteiger partial charge on any atom is -0.495 e. The van der Waals surface area contributed by atoms with Gasteiger partial charge in [0.1, 0.15) is 11.6 Å². The van der Waals surface area contributed by atoms with Gasteiger partial charge in [0.05, 0.1) is 24.9 Å². The number of rotatable bonds is 5. The Hall–Kier alpha value is -3.09. The van der Waals surface area contributed by atoms with Crippen molar-refractivity contribution in [3.05, 3.63) is 53.8 Å². The van der Waals surface area contributed by atoms with Gasteiger partial charge < -0.3 is 15.6 Å². The summed E-state index contributed by atoms with van der Waals surface area (Å²) in [6.45, 7) is 0. The summed E-state index contributed by atoms with van der Waals surface area (Å²) in [5, 5.41) is 8.84. The van der Waals surface area contributed by atoms with Crippen LogP contribution in [0.15, 0.2) is 42.5 Å². The number of aliphatic carboxylic acids is 1. The Morgan fingerprint density at radius 1 is 1.22 bits per heavy atom. The fraction of sp³-hybridized carbons (Fsp3) is 0.125. The standard InChI is InChI=1S/C16H15FN2O4/c1-23-14-8-10(9-15(20)21)6-7-13(14)19(16(18)22)12-5-3-2-4-11(12)17/h2-8H,9H2,1H3,(H2,18,22)(H,20,21). The summed E-state index contributed by atoms with van der Waals surface area (Å²) in [6, 6.07) is 9.24. The van der Waals surface area contributed by atoms with E-state index in [1.54, 1.807) is 6.07 Å². The third-order valence-electron chi connectivity index (χ3n) is 3.15. The Kier molecular flexibility index (Phi) is 4.80. The zero-order chi connectivity index (χ0) is 17.0. The summed E-state index contributed by atoms with van der Waals surface area (Å²) in [5.41, 5.74) is 6.06. The van der Waals surface area contributed by atoms with Crippen molar-refractivity contribution in [2.24, 2.45) is 5.73 Å². The molecule has 0 atom stereocenters. The number of benzene rings is 2. The van der Waals surface area contributed by atoms with Crippen molar-refractivity contribution in [3.63, 3.8) is 0 Å². The van der Waals surface area contributed by atoms with Crippen LogP contribution in [0.2, 0.25) is 0 Å². The van der Waals surface area contributed by atoms with Crippen molar-refractivity contribution < 1.29 is 23.8 Å². The topological polar surface area (TPSA) is 92.9 Å². The smallest absolute Gasteiger partial charge is 0.324 e. The summed E-state index contributed by atoms with van der Waals surface area (Å²) >= 11 is 0. The van der Waals surface area contributed by atoms with Crippen molar-refractivity contribution in [1.29, 1.82) is 0 Å². The first-order valence-corrected chi connectivity index (χ1v) is 6.67. The minimum atomic E-state index is -0.999. The molecular formula is C16H15FN2O4. The van der Waals surface area contributed by atoms with Gasteiger partial charge in [0, 0.05) is 0 Å². The Labute approximate surface area is 131 Å². The molecule has 0 spiro atoms. The van der Waals surface area contributed by atoms with Gasteiger partial charge in [0.15, 0.2) is 0 Å². The highest BCUT2D eigenvalue weighted by atomic mass is 19.1. The van der Waals surface area contributed by atoms with Gasteiger partial charge in [-0.2, -0.15) is 0 Å². The molecule has 0 unspecified atom stereocenters. The fourth-order valence-corrected chi connectivity index (χ4v) is 2.19. The monoisotopic (exact) mass is 318 g/mol. The van der Waals surface area contributed by atoms with Gasteiger partial charge in [-0.05, 0) is 29.8 Å². The average Bonchev–Trinajstić information content (AvgIpc) is 2.49. The summed E-state index contributed by atoms with van der Waals surface area (Å²) in [4.78, 5) is 23.6. The molecule has 0 aliphatic heterocycles. The fourth-order valence-electron chi connectivity index (χ4n) is 2.19. The van der Waals surface area contributed by atoms with Crippen molar-refractivity contribution in [2.45, 2.75) is 6.42 Å². The van der Waals surface area contributed by atoms with Gasteiger partial charge in [-0.1, -0.05) is 18.2 Å². The molecule has 2 aromatic carbocycles. The SMILES string of the molecule is COc1cc(CC(=O)O)ccc1N(C(N)=O)c1ccccc1F. The van der Waals surface area contributed by atoms with E-state index in [9.17, 15) is 14.0 Å². The Morgan fingerprint density at radius 2 is 1.91 bits per heavy atom. The van der Waals surface area contributed by atoms with E-state index in [-0.39, 0.29) is 23.5 Å². The maximum atomic E-state index is 14.0. The van der Waals surface area contributed by atoms with E-state index in [4.69, 9.17) is 15.6 Å². The van der Waals surface area contributed by atoms with Crippen LogP contribution < -0.4 is 15.4 Å². The van der Waals surface area contributed by atoms with E-state index in [2.05, 4.69) is 0 Å². The molecule has 0 fully saturated rings. The molecule has 0 aromatic heterocycles. The summed E-state index contributed by atoms with van der Waals surface area (Å²) < 4.78 is 19.2. The van der Waals surface area contributed by atoms with Crippen LogP contribution in [0, 0.1) is 5.82 Å². The van der Waals surface area contributed by atoms with Crippen molar-refractivity contribution in [2.75, 3.05) is 12.0 Å². The first-order chi connectivity index (χ1) is 10.9. The van der Waals surface area contributed by atoms with Gasteiger partial charge in [-0.25, -0.2) is 9.18 Å². The molecule has 0 saturated heterocycles. The predicted molar refractivity (Wildman–Crippen MR) is 82.5 cm³/mol. The van der Waals surface area contributed by atoms with Crippen molar-refractivity contribution >= 4 is 23.4 Å². The number of nitrogens with zero attached hydrogens (tertiary/aromatic N) is 1. The lowest BCUT2D eigenvalue weighted by atomic mass is 10.1. The zero-order valence-corrected chi connectivity index (χ0v) is 12.3. The number of nitrogens with two attached hydrogens (primary N) is 1. The molecular weight excluding hydrogens is 303 g/mol. The molecule has 2 aromatic rings. The number of primary amides is 1. The predicted octanol–water partition coefficient (Wildman–Crippen LogP) is 2.68.